The molecule has 0 atom stereocenters. The fourth-order valence-corrected chi connectivity index (χ4v) is 4.05. The van der Waals surface area contributed by atoms with Crippen molar-refractivity contribution in [3.05, 3.63) is 64.7 Å². The molecule has 0 saturated carbocycles. The standard InChI is InChI=1S/C21H23N3O2S/c25-20(22-13-19-7-4-12-27-19)16-8-10-24(11-9-16)14-18-15-26-21(23-18)17-5-2-1-3-6-17/h1-7,12,15-16H,8-11,13-14H2,(H,22,25). The lowest BCUT2D eigenvalue weighted by Gasteiger charge is -2.30. The van der Waals surface area contributed by atoms with Gasteiger partial charge in [-0.3, -0.25) is 9.69 Å². The van der Waals surface area contributed by atoms with Crippen LogP contribution >= 0.6 is 11.3 Å². The molecule has 4 rings (SSSR count). The summed E-state index contributed by atoms with van der Waals surface area (Å²) in [6.45, 7) is 3.22. The van der Waals surface area contributed by atoms with Crippen LogP contribution in [-0.2, 0) is 17.9 Å². The number of piperidine rings is 1. The third-order valence-corrected chi connectivity index (χ3v) is 5.81. The number of carbonyl (C=O) groups is 1. The third kappa shape index (κ3) is 4.64. The van der Waals surface area contributed by atoms with Crippen LogP contribution in [0.1, 0.15) is 23.4 Å². The average molecular weight is 382 g/mol. The SMILES string of the molecule is O=C(NCc1cccs1)C1CCN(Cc2coc(-c3ccccc3)n2)CC1. The second-order valence-electron chi connectivity index (χ2n) is 6.86. The number of amides is 1. The van der Waals surface area contributed by atoms with Crippen molar-refractivity contribution >= 4 is 17.2 Å². The van der Waals surface area contributed by atoms with Crippen LogP contribution in [0.25, 0.3) is 11.5 Å². The van der Waals surface area contributed by atoms with Gasteiger partial charge in [0.15, 0.2) is 0 Å². The second kappa shape index (κ2) is 8.50. The molecule has 1 saturated heterocycles. The van der Waals surface area contributed by atoms with Gasteiger partial charge >= 0.3 is 0 Å². The molecule has 27 heavy (non-hydrogen) atoms. The van der Waals surface area contributed by atoms with E-state index < -0.39 is 0 Å². The number of hydrogen-bond acceptors (Lipinski definition) is 5. The lowest BCUT2D eigenvalue weighted by Crippen LogP contribution is -2.40. The zero-order chi connectivity index (χ0) is 18.5. The van der Waals surface area contributed by atoms with Crippen molar-refractivity contribution in [2.24, 2.45) is 5.92 Å². The summed E-state index contributed by atoms with van der Waals surface area (Å²) in [6, 6.07) is 14.0. The molecule has 3 aromatic rings. The zero-order valence-corrected chi connectivity index (χ0v) is 16.0. The first-order chi connectivity index (χ1) is 13.3. The minimum atomic E-state index is 0.110. The molecule has 1 amide bonds. The molecule has 5 nitrogen and oxygen atoms in total. The summed E-state index contributed by atoms with van der Waals surface area (Å²) < 4.78 is 5.62. The van der Waals surface area contributed by atoms with Gasteiger partial charge in [0.1, 0.15) is 6.26 Å². The van der Waals surface area contributed by atoms with Gasteiger partial charge in [0.05, 0.1) is 12.2 Å². The van der Waals surface area contributed by atoms with Gasteiger partial charge < -0.3 is 9.73 Å². The molecule has 1 fully saturated rings. The number of hydrogen-bond donors (Lipinski definition) is 1. The van der Waals surface area contributed by atoms with Crippen LogP contribution in [0.2, 0.25) is 0 Å². The Bertz CT molecular complexity index is 853. The van der Waals surface area contributed by atoms with E-state index in [1.165, 1.54) is 4.88 Å². The number of likely N-dealkylation sites (tertiary alicyclic amines) is 1. The van der Waals surface area contributed by atoms with E-state index in [4.69, 9.17) is 4.42 Å². The van der Waals surface area contributed by atoms with Gasteiger partial charge in [-0.05, 0) is 49.5 Å². The maximum Gasteiger partial charge on any atom is 0.226 e. The Morgan fingerprint density at radius 1 is 1.19 bits per heavy atom. The molecule has 0 bridgehead atoms. The summed E-state index contributed by atoms with van der Waals surface area (Å²) in [7, 11) is 0. The lowest BCUT2D eigenvalue weighted by molar-refractivity contribution is -0.126. The van der Waals surface area contributed by atoms with E-state index in [0.29, 0.717) is 12.4 Å². The molecular formula is C21H23N3O2S. The topological polar surface area (TPSA) is 58.4 Å². The molecule has 0 unspecified atom stereocenters. The highest BCUT2D eigenvalue weighted by Gasteiger charge is 2.25. The number of aromatic nitrogens is 1. The van der Waals surface area contributed by atoms with E-state index in [0.717, 1.165) is 43.7 Å². The Hall–Kier alpha value is -2.44. The molecule has 1 aliphatic rings. The van der Waals surface area contributed by atoms with E-state index in [-0.39, 0.29) is 11.8 Å². The molecule has 0 aliphatic carbocycles. The fourth-order valence-electron chi connectivity index (χ4n) is 3.41. The third-order valence-electron chi connectivity index (χ3n) is 4.93. The quantitative estimate of drug-likeness (QED) is 0.703. The first kappa shape index (κ1) is 17.9. The van der Waals surface area contributed by atoms with E-state index in [2.05, 4.69) is 21.3 Å². The van der Waals surface area contributed by atoms with Crippen LogP contribution in [0.15, 0.2) is 58.5 Å². The smallest absolute Gasteiger partial charge is 0.226 e. The van der Waals surface area contributed by atoms with Gasteiger partial charge in [-0.25, -0.2) is 4.98 Å². The Morgan fingerprint density at radius 2 is 2.00 bits per heavy atom. The van der Waals surface area contributed by atoms with Crippen molar-refractivity contribution in [3.63, 3.8) is 0 Å². The fraction of sp³-hybridized carbons (Fsp3) is 0.333. The Balaban J connectivity index is 1.25. The van der Waals surface area contributed by atoms with Gasteiger partial charge in [-0.15, -0.1) is 11.3 Å². The Kier molecular flexibility index (Phi) is 5.65. The second-order valence-corrected chi connectivity index (χ2v) is 7.89. The number of carbonyl (C=O) groups excluding carboxylic acids is 1. The largest absolute Gasteiger partial charge is 0.444 e. The number of oxazole rings is 1. The predicted octanol–water partition coefficient (Wildman–Crippen LogP) is 3.93. The number of rotatable bonds is 6. The van der Waals surface area contributed by atoms with Gasteiger partial charge in [-0.1, -0.05) is 24.3 Å². The van der Waals surface area contributed by atoms with Gasteiger partial charge in [0.2, 0.25) is 11.8 Å². The molecule has 0 radical (unpaired) electrons. The van der Waals surface area contributed by atoms with E-state index in [1.54, 1.807) is 17.6 Å². The molecule has 1 aromatic carbocycles. The van der Waals surface area contributed by atoms with Crippen LogP contribution < -0.4 is 5.32 Å². The zero-order valence-electron chi connectivity index (χ0n) is 15.1. The molecule has 3 heterocycles. The van der Waals surface area contributed by atoms with Crippen LogP contribution in [0.5, 0.6) is 0 Å². The Morgan fingerprint density at radius 3 is 2.74 bits per heavy atom. The van der Waals surface area contributed by atoms with Gasteiger partial charge in [-0.2, -0.15) is 0 Å². The van der Waals surface area contributed by atoms with Crippen LogP contribution in [0.3, 0.4) is 0 Å². The monoisotopic (exact) mass is 381 g/mol. The van der Waals surface area contributed by atoms with Crippen molar-refractivity contribution in [1.29, 1.82) is 0 Å². The summed E-state index contributed by atoms with van der Waals surface area (Å²) in [5.41, 5.74) is 1.93. The highest BCUT2D eigenvalue weighted by molar-refractivity contribution is 7.09. The van der Waals surface area contributed by atoms with Crippen molar-refractivity contribution < 1.29 is 9.21 Å². The van der Waals surface area contributed by atoms with E-state index >= 15 is 0 Å². The van der Waals surface area contributed by atoms with Crippen molar-refractivity contribution in [2.75, 3.05) is 13.1 Å². The van der Waals surface area contributed by atoms with E-state index in [9.17, 15) is 4.79 Å². The summed E-state index contributed by atoms with van der Waals surface area (Å²) >= 11 is 1.67. The molecule has 1 N–H and O–H groups in total. The molecule has 0 spiro atoms. The van der Waals surface area contributed by atoms with Crippen molar-refractivity contribution in [2.45, 2.75) is 25.9 Å². The highest BCUT2D eigenvalue weighted by atomic mass is 32.1. The molecule has 1 aliphatic heterocycles. The molecule has 2 aromatic heterocycles. The first-order valence-electron chi connectivity index (χ1n) is 9.30. The van der Waals surface area contributed by atoms with Gasteiger partial charge in [0, 0.05) is 22.9 Å². The van der Waals surface area contributed by atoms with Gasteiger partial charge in [0.25, 0.3) is 0 Å². The summed E-state index contributed by atoms with van der Waals surface area (Å²) in [5.74, 6) is 0.947. The molecular weight excluding hydrogens is 358 g/mol. The maximum absolute atomic E-state index is 12.4. The summed E-state index contributed by atoms with van der Waals surface area (Å²) in [6.07, 6.45) is 3.52. The van der Waals surface area contributed by atoms with E-state index in [1.807, 2.05) is 41.8 Å². The molecule has 140 valence electrons. The van der Waals surface area contributed by atoms with Crippen molar-refractivity contribution in [1.82, 2.24) is 15.2 Å². The number of nitrogens with one attached hydrogen (secondary N) is 1. The van der Waals surface area contributed by atoms with Crippen molar-refractivity contribution in [3.8, 4) is 11.5 Å². The first-order valence-corrected chi connectivity index (χ1v) is 10.2. The number of thiophene rings is 1. The maximum atomic E-state index is 12.4. The average Bonchev–Trinajstić information content (AvgIpc) is 3.39. The lowest BCUT2D eigenvalue weighted by atomic mass is 9.96. The van der Waals surface area contributed by atoms with Crippen LogP contribution in [0, 0.1) is 5.92 Å². The Labute approximate surface area is 163 Å². The molecule has 6 heteroatoms. The minimum absolute atomic E-state index is 0.110. The van der Waals surface area contributed by atoms with Crippen LogP contribution in [0.4, 0.5) is 0 Å². The minimum Gasteiger partial charge on any atom is -0.444 e. The highest BCUT2D eigenvalue weighted by Crippen LogP contribution is 2.22. The number of benzene rings is 1. The summed E-state index contributed by atoms with van der Waals surface area (Å²) in [5, 5.41) is 5.10. The predicted molar refractivity (Wildman–Crippen MR) is 106 cm³/mol. The summed E-state index contributed by atoms with van der Waals surface area (Å²) in [4.78, 5) is 20.5. The van der Waals surface area contributed by atoms with Crippen LogP contribution in [-0.4, -0.2) is 28.9 Å². The number of nitrogens with zero attached hydrogens (tertiary/aromatic N) is 2. The normalized spacial score (nSPS) is 15.7.